The Morgan fingerprint density at radius 1 is 0.952 bits per heavy atom. The normalized spacial score (nSPS) is 13.2. The van der Waals surface area contributed by atoms with Crippen LogP contribution in [0.5, 0.6) is 34.5 Å². The first-order valence-electron chi connectivity index (χ1n) is 13.9. The summed E-state index contributed by atoms with van der Waals surface area (Å²) in [6.07, 6.45) is 6.16. The molecule has 10 nitrogen and oxygen atoms in total. The fourth-order valence-electron chi connectivity index (χ4n) is 4.58. The lowest BCUT2D eigenvalue weighted by atomic mass is 10.1. The van der Waals surface area contributed by atoms with Crippen LogP contribution in [0.25, 0.3) is 6.08 Å². The number of fused-ring (bicyclic) bond motifs is 1. The molecule has 0 saturated heterocycles. The van der Waals surface area contributed by atoms with Gasteiger partial charge in [-0.2, -0.15) is 0 Å². The molecule has 0 aromatic heterocycles. The summed E-state index contributed by atoms with van der Waals surface area (Å²) in [5, 5.41) is 31.4. The van der Waals surface area contributed by atoms with Crippen LogP contribution in [-0.2, 0) is 6.54 Å². The summed E-state index contributed by atoms with van der Waals surface area (Å²) in [6.45, 7) is 2.29. The quantitative estimate of drug-likeness (QED) is 0.116. The number of phenols is 3. The molecule has 222 valence electrons. The van der Waals surface area contributed by atoms with Crippen LogP contribution in [-0.4, -0.2) is 59.3 Å². The fraction of sp³-hybridized carbons (Fsp3) is 0.312. The minimum Gasteiger partial charge on any atom is -0.504 e. The monoisotopic (exact) mass is 576 g/mol. The second-order valence-corrected chi connectivity index (χ2v) is 10.1. The summed E-state index contributed by atoms with van der Waals surface area (Å²) in [5.41, 5.74) is 1.79. The number of phenolic OH excluding ortho intramolecular Hbond substituents is 3. The van der Waals surface area contributed by atoms with E-state index in [2.05, 4.69) is 17.3 Å². The predicted molar refractivity (Wildman–Crippen MR) is 157 cm³/mol. The van der Waals surface area contributed by atoms with Gasteiger partial charge in [0.25, 0.3) is 0 Å². The summed E-state index contributed by atoms with van der Waals surface area (Å²) in [7, 11) is 3.61. The number of carbonyl (C=O) groups is 2. The van der Waals surface area contributed by atoms with Gasteiger partial charge in [0, 0.05) is 19.7 Å². The maximum absolute atomic E-state index is 12.7. The van der Waals surface area contributed by atoms with Crippen molar-refractivity contribution in [3.05, 3.63) is 77.0 Å². The van der Waals surface area contributed by atoms with Gasteiger partial charge in [0.15, 0.2) is 23.0 Å². The molecule has 1 aliphatic heterocycles. The molecule has 0 aliphatic carbocycles. The summed E-state index contributed by atoms with van der Waals surface area (Å²) in [6, 6.07) is 15.1. The first-order chi connectivity index (χ1) is 20.2. The SMILES string of the molecule is CNC(=O)Oc1cccc(CN(C)CCCCCCCOc2ccc3c(c2)O/C(=C\c2cc(O)c(O)c(O)c2)C3=O)c1. The maximum Gasteiger partial charge on any atom is 0.412 e. The molecule has 0 atom stereocenters. The average Bonchev–Trinajstić information content (AvgIpc) is 3.27. The zero-order chi connectivity index (χ0) is 30.1. The standard InChI is InChI=1S/C32H36N2O8/c1-33-32(39)41-24-10-8-9-21(15-24)20-34(2)13-6-4-3-5-7-14-40-23-11-12-25-28(19-23)42-29(30(25)37)18-22-16-26(35)31(38)27(36)17-22/h8-12,15-19,35-36,38H,3-7,13-14,20H2,1-2H3,(H,33,39)/b29-18-. The molecule has 4 rings (SSSR count). The van der Waals surface area contributed by atoms with Gasteiger partial charge >= 0.3 is 6.09 Å². The van der Waals surface area contributed by atoms with Crippen molar-refractivity contribution in [1.82, 2.24) is 10.2 Å². The van der Waals surface area contributed by atoms with E-state index in [9.17, 15) is 24.9 Å². The number of rotatable bonds is 13. The lowest BCUT2D eigenvalue weighted by Gasteiger charge is -2.17. The lowest BCUT2D eigenvalue weighted by molar-refractivity contribution is 0.101. The van der Waals surface area contributed by atoms with Crippen LogP contribution in [0.3, 0.4) is 0 Å². The van der Waals surface area contributed by atoms with Crippen molar-refractivity contribution in [3.8, 4) is 34.5 Å². The van der Waals surface area contributed by atoms with E-state index in [1.165, 1.54) is 25.3 Å². The number of carbonyl (C=O) groups excluding carboxylic acids is 2. The highest BCUT2D eigenvalue weighted by Gasteiger charge is 2.28. The van der Waals surface area contributed by atoms with Crippen LogP contribution in [0.1, 0.15) is 53.6 Å². The van der Waals surface area contributed by atoms with E-state index in [4.69, 9.17) is 14.2 Å². The number of Topliss-reactive ketones (excluding diaryl/α,β-unsaturated/α-hetero) is 1. The van der Waals surface area contributed by atoms with Gasteiger partial charge in [0.05, 0.1) is 12.2 Å². The van der Waals surface area contributed by atoms with E-state index in [0.717, 1.165) is 50.8 Å². The predicted octanol–water partition coefficient (Wildman–Crippen LogP) is 5.60. The molecule has 1 aliphatic rings. The third kappa shape index (κ3) is 8.17. The maximum atomic E-state index is 12.7. The van der Waals surface area contributed by atoms with Gasteiger partial charge in [-0.3, -0.25) is 4.79 Å². The first kappa shape index (κ1) is 30.3. The van der Waals surface area contributed by atoms with Crippen molar-refractivity contribution in [2.75, 3.05) is 27.2 Å². The molecule has 0 saturated carbocycles. The van der Waals surface area contributed by atoms with Gasteiger partial charge in [0.2, 0.25) is 5.78 Å². The minimum atomic E-state index is -0.626. The number of hydrogen-bond donors (Lipinski definition) is 4. The Kier molecular flexibility index (Phi) is 10.3. The smallest absolute Gasteiger partial charge is 0.412 e. The van der Waals surface area contributed by atoms with E-state index < -0.39 is 23.3 Å². The van der Waals surface area contributed by atoms with Crippen molar-refractivity contribution in [2.24, 2.45) is 0 Å². The number of unbranched alkanes of at least 4 members (excludes halogenated alkanes) is 4. The molecule has 1 heterocycles. The van der Waals surface area contributed by atoms with Gasteiger partial charge in [-0.25, -0.2) is 4.79 Å². The fourth-order valence-corrected chi connectivity index (χ4v) is 4.58. The first-order valence-corrected chi connectivity index (χ1v) is 13.9. The molecular weight excluding hydrogens is 540 g/mol. The van der Waals surface area contributed by atoms with Gasteiger partial charge < -0.3 is 39.7 Å². The zero-order valence-electron chi connectivity index (χ0n) is 23.8. The number of hydrogen-bond acceptors (Lipinski definition) is 9. The Labute approximate surface area is 244 Å². The van der Waals surface area contributed by atoms with Crippen molar-refractivity contribution in [3.63, 3.8) is 0 Å². The minimum absolute atomic E-state index is 0.0424. The van der Waals surface area contributed by atoms with Crippen molar-refractivity contribution in [2.45, 2.75) is 38.6 Å². The van der Waals surface area contributed by atoms with Gasteiger partial charge in [-0.05, 0) is 80.0 Å². The summed E-state index contributed by atoms with van der Waals surface area (Å²) in [5.74, 6) is -0.388. The molecule has 0 bridgehead atoms. The highest BCUT2D eigenvalue weighted by atomic mass is 16.6. The highest BCUT2D eigenvalue weighted by molar-refractivity contribution is 6.14. The van der Waals surface area contributed by atoms with E-state index in [1.807, 2.05) is 18.2 Å². The second-order valence-electron chi connectivity index (χ2n) is 10.1. The van der Waals surface area contributed by atoms with E-state index >= 15 is 0 Å². The summed E-state index contributed by atoms with van der Waals surface area (Å²) < 4.78 is 16.8. The molecule has 3 aromatic carbocycles. The molecule has 0 unspecified atom stereocenters. The lowest BCUT2D eigenvalue weighted by Crippen LogP contribution is -2.22. The van der Waals surface area contributed by atoms with Crippen LogP contribution in [0, 0.1) is 0 Å². The molecule has 10 heteroatoms. The Morgan fingerprint density at radius 3 is 2.45 bits per heavy atom. The van der Waals surface area contributed by atoms with Crippen LogP contribution in [0.2, 0.25) is 0 Å². The second kappa shape index (κ2) is 14.3. The van der Waals surface area contributed by atoms with Gasteiger partial charge in [-0.15, -0.1) is 0 Å². The molecule has 42 heavy (non-hydrogen) atoms. The molecular formula is C32H36N2O8. The van der Waals surface area contributed by atoms with Crippen molar-refractivity contribution >= 4 is 18.0 Å². The molecule has 0 spiro atoms. The Morgan fingerprint density at radius 2 is 1.69 bits per heavy atom. The third-order valence-corrected chi connectivity index (χ3v) is 6.75. The molecule has 0 fully saturated rings. The number of benzene rings is 3. The topological polar surface area (TPSA) is 138 Å². The largest absolute Gasteiger partial charge is 0.504 e. The van der Waals surface area contributed by atoms with Crippen molar-refractivity contribution < 1.29 is 39.1 Å². The van der Waals surface area contributed by atoms with Crippen LogP contribution >= 0.6 is 0 Å². The zero-order valence-corrected chi connectivity index (χ0v) is 23.8. The molecule has 1 amide bonds. The molecule has 3 aromatic rings. The average molecular weight is 577 g/mol. The number of nitrogens with zero attached hydrogens (tertiary/aromatic N) is 1. The van der Waals surface area contributed by atoms with E-state index in [0.29, 0.717) is 35.0 Å². The molecule has 4 N–H and O–H groups in total. The van der Waals surface area contributed by atoms with Crippen molar-refractivity contribution in [1.29, 1.82) is 0 Å². The number of allylic oxidation sites excluding steroid dienone is 1. The Balaban J connectivity index is 1.13. The number of amides is 1. The third-order valence-electron chi connectivity index (χ3n) is 6.75. The number of ether oxygens (including phenoxy) is 3. The number of nitrogens with one attached hydrogen (secondary N) is 1. The van der Waals surface area contributed by atoms with Gasteiger partial charge in [0.1, 0.15) is 17.2 Å². The number of ketones is 1. The Hall–Kier alpha value is -4.70. The number of aromatic hydroxyl groups is 3. The Bertz CT molecular complexity index is 1430. The summed E-state index contributed by atoms with van der Waals surface area (Å²) in [4.78, 5) is 26.4. The van der Waals surface area contributed by atoms with E-state index in [-0.39, 0.29) is 11.5 Å². The summed E-state index contributed by atoms with van der Waals surface area (Å²) >= 11 is 0. The highest BCUT2D eigenvalue weighted by Crippen LogP contribution is 2.38. The van der Waals surface area contributed by atoms with Crippen LogP contribution < -0.4 is 19.5 Å². The van der Waals surface area contributed by atoms with Gasteiger partial charge in [-0.1, -0.05) is 31.4 Å². The molecule has 0 radical (unpaired) electrons. The van der Waals surface area contributed by atoms with Crippen LogP contribution in [0.4, 0.5) is 4.79 Å². The van der Waals surface area contributed by atoms with E-state index in [1.54, 1.807) is 24.3 Å². The van der Waals surface area contributed by atoms with Crippen LogP contribution in [0.15, 0.2) is 60.4 Å².